The van der Waals surface area contributed by atoms with Gasteiger partial charge in [-0.25, -0.2) is 14.4 Å². The van der Waals surface area contributed by atoms with Gasteiger partial charge in [0.25, 0.3) is 0 Å². The van der Waals surface area contributed by atoms with Crippen LogP contribution >= 0.6 is 22.9 Å². The van der Waals surface area contributed by atoms with E-state index in [0.29, 0.717) is 11.4 Å². The van der Waals surface area contributed by atoms with Crippen LogP contribution in [0, 0.1) is 5.82 Å². The number of benzene rings is 1. The van der Waals surface area contributed by atoms with Crippen LogP contribution in [0.15, 0.2) is 24.3 Å². The van der Waals surface area contributed by atoms with Crippen LogP contribution in [0.1, 0.15) is 11.8 Å². The Labute approximate surface area is 130 Å². The second-order valence-corrected chi connectivity index (χ2v) is 6.08. The fourth-order valence-corrected chi connectivity index (χ4v) is 3.25. The average molecular weight is 322 g/mol. The number of anilines is 1. The maximum Gasteiger partial charge on any atom is 0.163 e. The molecule has 3 aromatic rings. The molecule has 0 unspecified atom stereocenters. The first-order chi connectivity index (χ1) is 10.1. The highest BCUT2D eigenvalue weighted by Crippen LogP contribution is 2.32. The van der Waals surface area contributed by atoms with Gasteiger partial charge in [-0.15, -0.1) is 11.3 Å². The third kappa shape index (κ3) is 2.59. The third-order valence-electron chi connectivity index (χ3n) is 3.21. The molecular formula is C15H13ClFN3S. The maximum atomic E-state index is 13.3. The standard InChI is InChI=1S/C15H13ClFN3S/c1-3-9-7-10-14(18-2)19-13(20-15(10)21-9)8-4-5-12(17)11(16)6-8/h4-7H,3H2,1-2H3,(H,18,19,20). The van der Waals surface area contributed by atoms with Crippen molar-refractivity contribution in [2.24, 2.45) is 0 Å². The number of nitrogens with one attached hydrogen (secondary N) is 1. The van der Waals surface area contributed by atoms with Gasteiger partial charge >= 0.3 is 0 Å². The summed E-state index contributed by atoms with van der Waals surface area (Å²) >= 11 is 7.48. The van der Waals surface area contributed by atoms with Gasteiger partial charge in [-0.05, 0) is 30.7 Å². The molecule has 0 radical (unpaired) electrons. The highest BCUT2D eigenvalue weighted by atomic mass is 35.5. The van der Waals surface area contributed by atoms with E-state index in [1.807, 2.05) is 7.05 Å². The van der Waals surface area contributed by atoms with Crippen LogP contribution in [0.5, 0.6) is 0 Å². The zero-order chi connectivity index (χ0) is 15.0. The summed E-state index contributed by atoms with van der Waals surface area (Å²) in [7, 11) is 1.83. The predicted octanol–water partition coefficient (Wildman–Crippen LogP) is 4.75. The lowest BCUT2D eigenvalue weighted by Gasteiger charge is -2.06. The zero-order valence-electron chi connectivity index (χ0n) is 11.6. The van der Waals surface area contributed by atoms with Crippen molar-refractivity contribution in [2.45, 2.75) is 13.3 Å². The third-order valence-corrected chi connectivity index (χ3v) is 4.67. The Morgan fingerprint density at radius 2 is 2.10 bits per heavy atom. The Balaban J connectivity index is 2.20. The van der Waals surface area contributed by atoms with E-state index < -0.39 is 5.82 Å². The van der Waals surface area contributed by atoms with E-state index in [9.17, 15) is 4.39 Å². The van der Waals surface area contributed by atoms with Crippen LogP contribution in [0.3, 0.4) is 0 Å². The van der Waals surface area contributed by atoms with Gasteiger partial charge in [0.15, 0.2) is 5.82 Å². The fourth-order valence-electron chi connectivity index (χ4n) is 2.10. The van der Waals surface area contributed by atoms with Crippen molar-refractivity contribution in [1.82, 2.24) is 9.97 Å². The van der Waals surface area contributed by atoms with Crippen molar-refractivity contribution in [3.05, 3.63) is 40.0 Å². The lowest BCUT2D eigenvalue weighted by molar-refractivity contribution is 0.628. The number of thiophene rings is 1. The minimum absolute atomic E-state index is 0.0719. The number of fused-ring (bicyclic) bond motifs is 1. The fraction of sp³-hybridized carbons (Fsp3) is 0.200. The van der Waals surface area contributed by atoms with Crippen molar-refractivity contribution >= 4 is 39.0 Å². The largest absolute Gasteiger partial charge is 0.372 e. The summed E-state index contributed by atoms with van der Waals surface area (Å²) in [5, 5.41) is 4.17. The van der Waals surface area contributed by atoms with Crippen molar-refractivity contribution < 1.29 is 4.39 Å². The molecule has 0 aliphatic heterocycles. The van der Waals surface area contributed by atoms with Crippen molar-refractivity contribution in [2.75, 3.05) is 12.4 Å². The number of aromatic nitrogens is 2. The number of nitrogens with zero attached hydrogens (tertiary/aromatic N) is 2. The smallest absolute Gasteiger partial charge is 0.163 e. The quantitative estimate of drug-likeness (QED) is 0.756. The van der Waals surface area contributed by atoms with Gasteiger partial charge in [0.05, 0.1) is 10.4 Å². The van der Waals surface area contributed by atoms with Crippen molar-refractivity contribution in [3.63, 3.8) is 0 Å². The molecule has 0 saturated heterocycles. The number of hydrogen-bond donors (Lipinski definition) is 1. The molecule has 2 heterocycles. The first kappa shape index (κ1) is 14.2. The molecule has 3 rings (SSSR count). The second-order valence-electron chi connectivity index (χ2n) is 4.56. The molecule has 0 amide bonds. The summed E-state index contributed by atoms with van der Waals surface area (Å²) in [4.78, 5) is 11.3. The molecule has 0 atom stereocenters. The van der Waals surface area contributed by atoms with E-state index in [2.05, 4.69) is 28.3 Å². The number of halogens is 2. The minimum atomic E-state index is -0.445. The Morgan fingerprint density at radius 1 is 1.29 bits per heavy atom. The van der Waals surface area contributed by atoms with Crippen LogP contribution in [0.4, 0.5) is 10.2 Å². The first-order valence-corrected chi connectivity index (χ1v) is 7.75. The van der Waals surface area contributed by atoms with Gasteiger partial charge in [-0.2, -0.15) is 0 Å². The summed E-state index contributed by atoms with van der Waals surface area (Å²) in [6.45, 7) is 2.11. The lowest BCUT2D eigenvalue weighted by Crippen LogP contribution is -1.97. The highest BCUT2D eigenvalue weighted by Gasteiger charge is 2.12. The minimum Gasteiger partial charge on any atom is -0.372 e. The molecule has 2 aromatic heterocycles. The second kappa shape index (κ2) is 5.58. The van der Waals surface area contributed by atoms with Crippen molar-refractivity contribution in [3.8, 4) is 11.4 Å². The van der Waals surface area contributed by atoms with E-state index >= 15 is 0 Å². The summed E-state index contributed by atoms with van der Waals surface area (Å²) < 4.78 is 13.3. The van der Waals surface area contributed by atoms with Gasteiger partial charge in [0.2, 0.25) is 0 Å². The van der Waals surface area contributed by atoms with E-state index in [0.717, 1.165) is 22.5 Å². The van der Waals surface area contributed by atoms with E-state index in [1.54, 1.807) is 23.5 Å². The molecule has 0 aliphatic carbocycles. The van der Waals surface area contributed by atoms with Crippen LogP contribution in [0.2, 0.25) is 5.02 Å². The molecule has 1 N–H and O–H groups in total. The number of aryl methyl sites for hydroxylation is 1. The maximum absolute atomic E-state index is 13.3. The Kier molecular flexibility index (Phi) is 3.78. The molecule has 21 heavy (non-hydrogen) atoms. The van der Waals surface area contributed by atoms with Crippen LogP contribution < -0.4 is 5.32 Å². The molecule has 0 fully saturated rings. The summed E-state index contributed by atoms with van der Waals surface area (Å²) in [6.07, 6.45) is 0.960. The summed E-state index contributed by atoms with van der Waals surface area (Å²) in [6, 6.07) is 6.62. The molecule has 0 spiro atoms. The van der Waals surface area contributed by atoms with Gasteiger partial charge in [0, 0.05) is 17.5 Å². The number of hydrogen-bond acceptors (Lipinski definition) is 4. The normalized spacial score (nSPS) is 11.0. The van der Waals surface area contributed by atoms with Gasteiger partial charge < -0.3 is 5.32 Å². The SMILES string of the molecule is CCc1cc2c(NC)nc(-c3ccc(F)c(Cl)c3)nc2s1. The topological polar surface area (TPSA) is 37.8 Å². The molecule has 0 bridgehead atoms. The Hall–Kier alpha value is -1.72. The van der Waals surface area contributed by atoms with E-state index in [-0.39, 0.29) is 5.02 Å². The van der Waals surface area contributed by atoms with E-state index in [1.165, 1.54) is 10.9 Å². The molecule has 108 valence electrons. The van der Waals surface area contributed by atoms with Crippen LogP contribution in [-0.2, 0) is 6.42 Å². The average Bonchev–Trinajstić information content (AvgIpc) is 2.92. The molecular weight excluding hydrogens is 309 g/mol. The van der Waals surface area contributed by atoms with Crippen LogP contribution in [-0.4, -0.2) is 17.0 Å². The van der Waals surface area contributed by atoms with Crippen molar-refractivity contribution in [1.29, 1.82) is 0 Å². The predicted molar refractivity (Wildman–Crippen MR) is 86.7 cm³/mol. The molecule has 6 heteroatoms. The molecule has 1 aromatic carbocycles. The van der Waals surface area contributed by atoms with Gasteiger partial charge in [-0.3, -0.25) is 0 Å². The Morgan fingerprint density at radius 3 is 2.76 bits per heavy atom. The number of rotatable bonds is 3. The summed E-state index contributed by atoms with van der Waals surface area (Å²) in [5.74, 6) is 0.865. The van der Waals surface area contributed by atoms with Crippen LogP contribution in [0.25, 0.3) is 21.6 Å². The van der Waals surface area contributed by atoms with Gasteiger partial charge in [0.1, 0.15) is 16.5 Å². The molecule has 3 nitrogen and oxygen atoms in total. The van der Waals surface area contributed by atoms with Gasteiger partial charge in [-0.1, -0.05) is 18.5 Å². The Bertz CT molecular complexity index is 816. The monoisotopic (exact) mass is 321 g/mol. The molecule has 0 aliphatic rings. The highest BCUT2D eigenvalue weighted by molar-refractivity contribution is 7.18. The summed E-state index contributed by atoms with van der Waals surface area (Å²) in [5.41, 5.74) is 0.700. The lowest BCUT2D eigenvalue weighted by atomic mass is 10.2. The van der Waals surface area contributed by atoms with E-state index in [4.69, 9.17) is 11.6 Å². The zero-order valence-corrected chi connectivity index (χ0v) is 13.1. The molecule has 0 saturated carbocycles. The first-order valence-electron chi connectivity index (χ1n) is 6.56.